The van der Waals surface area contributed by atoms with Crippen molar-refractivity contribution in [1.82, 2.24) is 10.2 Å². The molecule has 1 aliphatic heterocycles. The molecule has 3 nitrogen and oxygen atoms in total. The fraction of sp³-hybridized carbons (Fsp3) is 0.500. The number of rotatable bonds is 2. The van der Waals surface area contributed by atoms with Crippen molar-refractivity contribution in [3.63, 3.8) is 0 Å². The summed E-state index contributed by atoms with van der Waals surface area (Å²) in [5.74, 6) is 0.147. The van der Waals surface area contributed by atoms with Gasteiger partial charge in [0.05, 0.1) is 5.02 Å². The quantitative estimate of drug-likeness (QED) is 0.870. The van der Waals surface area contributed by atoms with Crippen molar-refractivity contribution >= 4 is 23.2 Å². The molecule has 0 atom stereocenters. The summed E-state index contributed by atoms with van der Waals surface area (Å²) in [4.78, 5) is 2.29. The second-order valence-corrected chi connectivity index (χ2v) is 5.12. The van der Waals surface area contributed by atoms with Gasteiger partial charge in [0, 0.05) is 30.2 Å². The summed E-state index contributed by atoms with van der Waals surface area (Å²) in [7, 11) is 0. The molecule has 0 unspecified atom stereocenters. The molecule has 94 valence electrons. The zero-order valence-corrected chi connectivity index (χ0v) is 11.1. The van der Waals surface area contributed by atoms with Crippen molar-refractivity contribution in [3.8, 4) is 5.75 Å². The first-order valence-electron chi connectivity index (χ1n) is 5.77. The van der Waals surface area contributed by atoms with Crippen LogP contribution in [0.1, 0.15) is 12.0 Å². The zero-order valence-electron chi connectivity index (χ0n) is 9.55. The topological polar surface area (TPSA) is 35.5 Å². The predicted molar refractivity (Wildman–Crippen MR) is 70.9 cm³/mol. The van der Waals surface area contributed by atoms with Crippen LogP contribution in [0.2, 0.25) is 10.0 Å². The van der Waals surface area contributed by atoms with Gasteiger partial charge in [0.25, 0.3) is 0 Å². The van der Waals surface area contributed by atoms with Crippen LogP contribution in [0.5, 0.6) is 5.75 Å². The smallest absolute Gasteiger partial charge is 0.138 e. The van der Waals surface area contributed by atoms with E-state index in [1.165, 1.54) is 0 Å². The Bertz CT molecular complexity index is 390. The van der Waals surface area contributed by atoms with E-state index in [1.807, 2.05) is 0 Å². The molecule has 2 rings (SSSR count). The Hall–Kier alpha value is -0.480. The van der Waals surface area contributed by atoms with Gasteiger partial charge in [-0.25, -0.2) is 0 Å². The largest absolute Gasteiger partial charge is 0.506 e. The summed E-state index contributed by atoms with van der Waals surface area (Å²) in [5, 5.41) is 14.1. The normalized spacial score (nSPS) is 18.0. The average Bonchev–Trinajstić information content (AvgIpc) is 2.54. The van der Waals surface area contributed by atoms with Crippen LogP contribution >= 0.6 is 23.2 Å². The highest BCUT2D eigenvalue weighted by molar-refractivity contribution is 6.35. The van der Waals surface area contributed by atoms with Crippen LogP contribution in [0.3, 0.4) is 0 Å². The van der Waals surface area contributed by atoms with E-state index in [4.69, 9.17) is 23.2 Å². The van der Waals surface area contributed by atoms with Gasteiger partial charge >= 0.3 is 0 Å². The Balaban J connectivity index is 2.11. The summed E-state index contributed by atoms with van der Waals surface area (Å²) in [6.45, 7) is 4.72. The lowest BCUT2D eigenvalue weighted by Crippen LogP contribution is -2.27. The molecule has 0 aliphatic carbocycles. The van der Waals surface area contributed by atoms with Gasteiger partial charge in [-0.3, -0.25) is 4.90 Å². The van der Waals surface area contributed by atoms with Crippen LogP contribution in [-0.2, 0) is 6.54 Å². The molecule has 0 aromatic heterocycles. The molecular weight excluding hydrogens is 259 g/mol. The number of halogens is 2. The molecule has 1 aliphatic rings. The summed E-state index contributed by atoms with van der Waals surface area (Å²) in [5.41, 5.74) is 0.796. The molecule has 0 saturated carbocycles. The number of nitrogens with one attached hydrogen (secondary N) is 1. The van der Waals surface area contributed by atoms with Gasteiger partial charge in [-0.1, -0.05) is 23.2 Å². The maximum Gasteiger partial charge on any atom is 0.138 e. The van der Waals surface area contributed by atoms with E-state index >= 15 is 0 Å². The zero-order chi connectivity index (χ0) is 12.3. The lowest BCUT2D eigenvalue weighted by molar-refractivity contribution is 0.280. The average molecular weight is 275 g/mol. The van der Waals surface area contributed by atoms with Crippen LogP contribution in [0, 0.1) is 0 Å². The number of phenols is 1. The van der Waals surface area contributed by atoms with Crippen LogP contribution in [0.25, 0.3) is 0 Å². The third-order valence-electron chi connectivity index (χ3n) is 2.93. The van der Waals surface area contributed by atoms with Crippen molar-refractivity contribution in [2.24, 2.45) is 0 Å². The second kappa shape index (κ2) is 5.91. The van der Waals surface area contributed by atoms with Gasteiger partial charge in [0.15, 0.2) is 0 Å². The van der Waals surface area contributed by atoms with Crippen LogP contribution in [0.15, 0.2) is 12.1 Å². The summed E-state index contributed by atoms with van der Waals surface area (Å²) >= 11 is 11.8. The SMILES string of the molecule is Oc1c(Cl)cc(Cl)cc1CN1CCCNCC1. The van der Waals surface area contributed by atoms with Gasteiger partial charge in [-0.05, 0) is 31.6 Å². The monoisotopic (exact) mass is 274 g/mol. The van der Waals surface area contributed by atoms with E-state index in [9.17, 15) is 5.11 Å². The molecular formula is C12H16Cl2N2O. The first kappa shape index (κ1) is 13.0. The minimum atomic E-state index is 0.147. The molecule has 1 aromatic rings. The van der Waals surface area contributed by atoms with Gasteiger partial charge in [-0.15, -0.1) is 0 Å². The number of aromatic hydroxyl groups is 1. The van der Waals surface area contributed by atoms with E-state index in [-0.39, 0.29) is 5.75 Å². The molecule has 2 N–H and O–H groups in total. The Morgan fingerprint density at radius 1 is 1.24 bits per heavy atom. The maximum atomic E-state index is 9.89. The third kappa shape index (κ3) is 3.49. The highest BCUT2D eigenvalue weighted by Crippen LogP contribution is 2.31. The molecule has 0 spiro atoms. The minimum absolute atomic E-state index is 0.147. The highest BCUT2D eigenvalue weighted by atomic mass is 35.5. The molecule has 1 aromatic carbocycles. The van der Waals surface area contributed by atoms with Crippen molar-refractivity contribution in [3.05, 3.63) is 27.7 Å². The Morgan fingerprint density at radius 3 is 2.88 bits per heavy atom. The number of benzene rings is 1. The number of nitrogens with zero attached hydrogens (tertiary/aromatic N) is 1. The minimum Gasteiger partial charge on any atom is -0.506 e. The fourth-order valence-corrected chi connectivity index (χ4v) is 2.58. The molecule has 0 radical (unpaired) electrons. The lowest BCUT2D eigenvalue weighted by Gasteiger charge is -2.20. The fourth-order valence-electron chi connectivity index (χ4n) is 2.04. The van der Waals surface area contributed by atoms with E-state index < -0.39 is 0 Å². The van der Waals surface area contributed by atoms with Crippen LogP contribution in [0.4, 0.5) is 0 Å². The summed E-state index contributed by atoms with van der Waals surface area (Å²) in [6.07, 6.45) is 1.12. The van der Waals surface area contributed by atoms with Gasteiger partial charge in [-0.2, -0.15) is 0 Å². The maximum absolute atomic E-state index is 9.89. The second-order valence-electron chi connectivity index (χ2n) is 4.28. The van der Waals surface area contributed by atoms with E-state index in [0.29, 0.717) is 16.6 Å². The van der Waals surface area contributed by atoms with Crippen LogP contribution in [-0.4, -0.2) is 36.2 Å². The first-order chi connectivity index (χ1) is 8.16. The first-order valence-corrected chi connectivity index (χ1v) is 6.52. The Kier molecular flexibility index (Phi) is 4.51. The Morgan fingerprint density at radius 2 is 2.06 bits per heavy atom. The molecule has 1 heterocycles. The molecule has 0 amide bonds. The van der Waals surface area contributed by atoms with Crippen molar-refractivity contribution in [2.45, 2.75) is 13.0 Å². The van der Waals surface area contributed by atoms with E-state index in [2.05, 4.69) is 10.2 Å². The molecule has 17 heavy (non-hydrogen) atoms. The van der Waals surface area contributed by atoms with E-state index in [0.717, 1.165) is 38.2 Å². The van der Waals surface area contributed by atoms with E-state index in [1.54, 1.807) is 12.1 Å². The number of phenolic OH excluding ortho intramolecular Hbond substituents is 1. The highest BCUT2D eigenvalue weighted by Gasteiger charge is 2.13. The van der Waals surface area contributed by atoms with Gasteiger partial charge < -0.3 is 10.4 Å². The van der Waals surface area contributed by atoms with Crippen LogP contribution < -0.4 is 5.32 Å². The van der Waals surface area contributed by atoms with Gasteiger partial charge in [0.1, 0.15) is 5.75 Å². The standard InChI is InChI=1S/C12H16Cl2N2O/c13-10-6-9(12(17)11(14)7-10)8-16-4-1-2-15-3-5-16/h6-7,15,17H,1-5,8H2. The third-order valence-corrected chi connectivity index (χ3v) is 3.44. The van der Waals surface area contributed by atoms with Crippen molar-refractivity contribution < 1.29 is 5.11 Å². The molecule has 1 fully saturated rings. The number of hydrogen-bond acceptors (Lipinski definition) is 3. The van der Waals surface area contributed by atoms with Crippen molar-refractivity contribution in [1.29, 1.82) is 0 Å². The van der Waals surface area contributed by atoms with Crippen molar-refractivity contribution in [2.75, 3.05) is 26.2 Å². The molecule has 1 saturated heterocycles. The molecule has 5 heteroatoms. The lowest BCUT2D eigenvalue weighted by atomic mass is 10.2. The predicted octanol–water partition coefficient (Wildman–Crippen LogP) is 2.49. The molecule has 0 bridgehead atoms. The summed E-state index contributed by atoms with van der Waals surface area (Å²) in [6, 6.07) is 3.34. The Labute approximate surface area is 111 Å². The van der Waals surface area contributed by atoms with Gasteiger partial charge in [0.2, 0.25) is 0 Å². The summed E-state index contributed by atoms with van der Waals surface area (Å²) < 4.78 is 0. The number of hydrogen-bond donors (Lipinski definition) is 2.